The van der Waals surface area contributed by atoms with E-state index in [4.69, 9.17) is 9.26 Å². The lowest BCUT2D eigenvalue weighted by Gasteiger charge is -2.36. The third-order valence-corrected chi connectivity index (χ3v) is 6.11. The van der Waals surface area contributed by atoms with E-state index in [2.05, 4.69) is 5.16 Å². The van der Waals surface area contributed by atoms with Crippen molar-refractivity contribution in [3.63, 3.8) is 0 Å². The molecule has 0 fully saturated rings. The van der Waals surface area contributed by atoms with E-state index in [0.717, 1.165) is 23.8 Å². The lowest BCUT2D eigenvalue weighted by atomic mass is 9.84. The molecule has 35 heavy (non-hydrogen) atoms. The molecule has 3 aromatic rings. The van der Waals surface area contributed by atoms with Crippen LogP contribution in [0.3, 0.4) is 0 Å². The molecule has 9 heteroatoms. The smallest absolute Gasteiger partial charge is 0.293 e. The van der Waals surface area contributed by atoms with Gasteiger partial charge in [0.05, 0.1) is 13.2 Å². The molecule has 0 bridgehead atoms. The monoisotopic (exact) mass is 484 g/mol. The number of Topliss-reactive ketones (excluding diaryl/α,β-unsaturated/α-hetero) is 1. The lowest BCUT2D eigenvalue weighted by molar-refractivity contribution is -0.123. The van der Waals surface area contributed by atoms with Crippen molar-refractivity contribution in [2.24, 2.45) is 0 Å². The highest BCUT2D eigenvalue weighted by Crippen LogP contribution is 2.35. The topological polar surface area (TPSA) is 92.6 Å². The first-order valence-electron chi connectivity index (χ1n) is 11.2. The van der Waals surface area contributed by atoms with Gasteiger partial charge >= 0.3 is 0 Å². The predicted octanol–water partition coefficient (Wildman–Crippen LogP) is 4.10. The minimum absolute atomic E-state index is 0.0527. The fourth-order valence-electron chi connectivity index (χ4n) is 4.57. The second kappa shape index (κ2) is 9.13. The van der Waals surface area contributed by atoms with Crippen molar-refractivity contribution in [2.75, 3.05) is 13.7 Å². The number of nitrogens with one attached hydrogen (secondary N) is 1. The van der Waals surface area contributed by atoms with Gasteiger partial charge in [-0.05, 0) is 52.8 Å². The summed E-state index contributed by atoms with van der Waals surface area (Å²) in [6.07, 6.45) is 0.148. The SMILES string of the molecule is COc1ccc2c(c1)CCN(C(=O)c1cc(=O)[nH]o1)C2C(=O)Cc1cc(F)c(C(C)(C)C)c(F)c1. The van der Waals surface area contributed by atoms with Gasteiger partial charge in [0.15, 0.2) is 5.78 Å². The first-order valence-corrected chi connectivity index (χ1v) is 11.2. The Bertz CT molecular complexity index is 1330. The summed E-state index contributed by atoms with van der Waals surface area (Å²) in [5, 5.41) is 2.07. The number of amides is 1. The summed E-state index contributed by atoms with van der Waals surface area (Å²) in [6.45, 7) is 5.29. The summed E-state index contributed by atoms with van der Waals surface area (Å²) in [4.78, 5) is 39.5. The molecule has 0 aliphatic carbocycles. The van der Waals surface area contributed by atoms with Crippen LogP contribution >= 0.6 is 0 Å². The van der Waals surface area contributed by atoms with Gasteiger partial charge in [-0.2, -0.15) is 5.16 Å². The van der Waals surface area contributed by atoms with Gasteiger partial charge in [-0.3, -0.25) is 14.4 Å². The Morgan fingerprint density at radius 1 is 1.14 bits per heavy atom. The molecular formula is C26H26F2N2O5. The maximum atomic E-state index is 14.8. The number of nitrogens with zero attached hydrogens (tertiary/aromatic N) is 1. The predicted molar refractivity (Wildman–Crippen MR) is 124 cm³/mol. The molecule has 1 amide bonds. The highest BCUT2D eigenvalue weighted by molar-refractivity contribution is 5.97. The second-order valence-corrected chi connectivity index (χ2v) is 9.62. The summed E-state index contributed by atoms with van der Waals surface area (Å²) in [6, 6.07) is 7.49. The van der Waals surface area contributed by atoms with Gasteiger partial charge in [0.2, 0.25) is 5.76 Å². The molecule has 4 rings (SSSR count). The Kier molecular flexibility index (Phi) is 6.36. The maximum absolute atomic E-state index is 14.8. The minimum atomic E-state index is -1.04. The summed E-state index contributed by atoms with van der Waals surface area (Å²) >= 11 is 0. The molecule has 1 N–H and O–H groups in total. The van der Waals surface area contributed by atoms with E-state index in [-0.39, 0.29) is 29.9 Å². The molecule has 1 atom stereocenters. The van der Waals surface area contributed by atoms with Gasteiger partial charge in [-0.25, -0.2) is 8.78 Å². The van der Waals surface area contributed by atoms with E-state index in [1.54, 1.807) is 39.0 Å². The minimum Gasteiger partial charge on any atom is -0.497 e. The second-order valence-electron chi connectivity index (χ2n) is 9.62. The highest BCUT2D eigenvalue weighted by Gasteiger charge is 2.37. The van der Waals surface area contributed by atoms with Crippen molar-refractivity contribution < 1.29 is 27.6 Å². The zero-order valence-corrected chi connectivity index (χ0v) is 19.9. The number of ether oxygens (including phenoxy) is 1. The largest absolute Gasteiger partial charge is 0.497 e. The Balaban J connectivity index is 1.72. The Morgan fingerprint density at radius 3 is 2.40 bits per heavy atom. The molecule has 2 heterocycles. The van der Waals surface area contributed by atoms with Crippen LogP contribution in [0.15, 0.2) is 45.7 Å². The molecule has 1 aliphatic heterocycles. The molecule has 1 unspecified atom stereocenters. The van der Waals surface area contributed by atoms with Crippen molar-refractivity contribution in [3.05, 3.63) is 86.4 Å². The number of fused-ring (bicyclic) bond motifs is 1. The van der Waals surface area contributed by atoms with E-state index >= 15 is 0 Å². The lowest BCUT2D eigenvalue weighted by Crippen LogP contribution is -2.44. The van der Waals surface area contributed by atoms with Crippen LogP contribution in [0.1, 0.15) is 59.6 Å². The first kappa shape index (κ1) is 24.4. The summed E-state index contributed by atoms with van der Waals surface area (Å²) in [5.41, 5.74) is 0.190. The van der Waals surface area contributed by atoms with Crippen LogP contribution in [0.2, 0.25) is 0 Å². The average Bonchev–Trinajstić information content (AvgIpc) is 3.22. The molecule has 0 radical (unpaired) electrons. The number of carbonyl (C=O) groups excluding carboxylic acids is 2. The van der Waals surface area contributed by atoms with Crippen molar-refractivity contribution in [3.8, 4) is 5.75 Å². The number of ketones is 1. The zero-order chi connectivity index (χ0) is 25.5. The van der Waals surface area contributed by atoms with Crippen LogP contribution in [-0.2, 0) is 23.1 Å². The van der Waals surface area contributed by atoms with E-state index < -0.39 is 40.3 Å². The first-order chi connectivity index (χ1) is 16.5. The average molecular weight is 484 g/mol. The van der Waals surface area contributed by atoms with Gasteiger partial charge in [-0.15, -0.1) is 0 Å². The van der Waals surface area contributed by atoms with Crippen LogP contribution in [0.5, 0.6) is 5.75 Å². The van der Waals surface area contributed by atoms with Gasteiger partial charge in [0.25, 0.3) is 11.5 Å². The van der Waals surface area contributed by atoms with Gasteiger partial charge in [-0.1, -0.05) is 26.8 Å². The van der Waals surface area contributed by atoms with E-state index in [9.17, 15) is 23.2 Å². The number of benzene rings is 2. The fourth-order valence-corrected chi connectivity index (χ4v) is 4.57. The quantitative estimate of drug-likeness (QED) is 0.589. The standard InChI is InChI=1S/C26H26F2N2O5/c1-26(2,3)23-18(27)9-14(10-19(23)28)11-20(31)24-17-6-5-16(34-4)12-15(17)7-8-30(24)25(33)21-13-22(32)29-35-21/h5-6,9-10,12-13,24H,7-8,11H2,1-4H3,(H,29,32). The Hall–Kier alpha value is -3.75. The van der Waals surface area contributed by atoms with Crippen molar-refractivity contribution in [1.82, 2.24) is 10.1 Å². The molecule has 184 valence electrons. The number of hydrogen-bond acceptors (Lipinski definition) is 5. The normalized spacial score (nSPS) is 15.6. The zero-order valence-electron chi connectivity index (χ0n) is 19.9. The summed E-state index contributed by atoms with van der Waals surface area (Å²) < 4.78 is 39.8. The molecule has 7 nitrogen and oxygen atoms in total. The summed E-state index contributed by atoms with van der Waals surface area (Å²) in [7, 11) is 1.53. The van der Waals surface area contributed by atoms with Gasteiger partial charge in [0.1, 0.15) is 23.4 Å². The van der Waals surface area contributed by atoms with Crippen LogP contribution in [-0.4, -0.2) is 35.4 Å². The third-order valence-electron chi connectivity index (χ3n) is 6.11. The van der Waals surface area contributed by atoms with Crippen LogP contribution in [0.25, 0.3) is 0 Å². The number of aromatic amines is 1. The van der Waals surface area contributed by atoms with Gasteiger partial charge < -0.3 is 14.2 Å². The van der Waals surface area contributed by atoms with Crippen LogP contribution in [0, 0.1) is 11.6 Å². The van der Waals surface area contributed by atoms with Crippen molar-refractivity contribution in [1.29, 1.82) is 0 Å². The Morgan fingerprint density at radius 2 is 1.83 bits per heavy atom. The van der Waals surface area contributed by atoms with Crippen molar-refractivity contribution >= 4 is 11.7 Å². The molecular weight excluding hydrogens is 458 g/mol. The summed E-state index contributed by atoms with van der Waals surface area (Å²) in [5.74, 6) is -2.13. The number of hydrogen-bond donors (Lipinski definition) is 1. The number of methoxy groups -OCH3 is 1. The third kappa shape index (κ3) is 4.76. The van der Waals surface area contributed by atoms with Gasteiger partial charge in [0, 0.05) is 18.5 Å². The van der Waals surface area contributed by atoms with E-state index in [1.807, 2.05) is 0 Å². The van der Waals surface area contributed by atoms with E-state index in [0.29, 0.717) is 17.7 Å². The van der Waals surface area contributed by atoms with Crippen LogP contribution in [0.4, 0.5) is 8.78 Å². The molecule has 1 aliphatic rings. The fraction of sp³-hybridized carbons (Fsp3) is 0.346. The molecule has 1 aromatic heterocycles. The van der Waals surface area contributed by atoms with E-state index in [1.165, 1.54) is 12.0 Å². The number of rotatable bonds is 5. The van der Waals surface area contributed by atoms with Crippen LogP contribution < -0.4 is 10.3 Å². The molecule has 0 saturated heterocycles. The molecule has 2 aromatic carbocycles. The molecule has 0 saturated carbocycles. The number of halogens is 2. The number of carbonyl (C=O) groups is 2. The number of H-pyrrole nitrogens is 1. The maximum Gasteiger partial charge on any atom is 0.293 e. The Labute approximate surface area is 200 Å². The highest BCUT2D eigenvalue weighted by atomic mass is 19.1. The number of aromatic nitrogens is 1. The molecule has 0 spiro atoms. The van der Waals surface area contributed by atoms with Crippen molar-refractivity contribution in [2.45, 2.75) is 45.1 Å².